The van der Waals surface area contributed by atoms with E-state index >= 15 is 0 Å². The van der Waals surface area contributed by atoms with Gasteiger partial charge in [-0.3, -0.25) is 0 Å². The molecule has 0 saturated carbocycles. The summed E-state index contributed by atoms with van der Waals surface area (Å²) < 4.78 is 187. The van der Waals surface area contributed by atoms with E-state index in [0.29, 0.717) is 25.7 Å². The van der Waals surface area contributed by atoms with Crippen LogP contribution in [0.25, 0.3) is 0 Å². The summed E-state index contributed by atoms with van der Waals surface area (Å²) in [5.41, 5.74) is 3.35. The van der Waals surface area contributed by atoms with Gasteiger partial charge in [0.25, 0.3) is 0 Å². The van der Waals surface area contributed by atoms with Gasteiger partial charge in [-0.25, -0.2) is 50.5 Å². The molecular weight excluding hydrogens is 1190 g/mol. The summed E-state index contributed by atoms with van der Waals surface area (Å²) in [5, 5.41) is 21.4. The topological polar surface area (TPSA) is 273 Å². The summed E-state index contributed by atoms with van der Waals surface area (Å²) in [5.74, 6) is -1.94. The summed E-state index contributed by atoms with van der Waals surface area (Å²) in [4.78, 5) is -5.40. The van der Waals surface area contributed by atoms with Crippen LogP contribution in [0, 0.1) is 0 Å². The predicted octanol–water partition coefficient (Wildman–Crippen LogP) is 9.82. The van der Waals surface area contributed by atoms with Gasteiger partial charge < -0.3 is 24.4 Å². The van der Waals surface area contributed by atoms with Crippen LogP contribution < -0.4 is 9.47 Å². The molecule has 0 unspecified atom stereocenters. The van der Waals surface area contributed by atoms with Crippen molar-refractivity contribution in [2.45, 2.75) is 112 Å². The Bertz CT molecular complexity index is 4130. The molecule has 0 heterocycles. The van der Waals surface area contributed by atoms with Crippen LogP contribution in [0.2, 0.25) is 0 Å². The molecule has 8 rings (SSSR count). The first-order valence-corrected chi connectivity index (χ1v) is 34.8. The highest BCUT2D eigenvalue weighted by molar-refractivity contribution is 7.93. The number of phenols is 2. The monoisotopic (exact) mass is 1240 g/mol. The van der Waals surface area contributed by atoms with Gasteiger partial charge in [-0.15, -0.1) is 0 Å². The Labute approximate surface area is 484 Å². The van der Waals surface area contributed by atoms with Crippen molar-refractivity contribution in [2.75, 3.05) is 26.4 Å². The molecule has 8 aromatic rings. The summed E-state index contributed by atoms with van der Waals surface area (Å²) in [6, 6.07) is 35.4. The van der Waals surface area contributed by atoms with Crippen LogP contribution in [-0.4, -0.2) is 87.1 Å². The lowest BCUT2D eigenvalue weighted by Crippen LogP contribution is -2.15. The van der Waals surface area contributed by atoms with Crippen molar-refractivity contribution in [3.8, 4) is 23.0 Å². The third-order valence-corrected chi connectivity index (χ3v) is 24.3. The highest BCUT2D eigenvalue weighted by atomic mass is 32.2. The van der Waals surface area contributed by atoms with Crippen LogP contribution >= 0.6 is 0 Å². The van der Waals surface area contributed by atoms with E-state index in [0.717, 1.165) is 95.1 Å². The second kappa shape index (κ2) is 24.8. The molecule has 0 aromatic heterocycles. The Hall–Kier alpha value is -7.38. The minimum Gasteiger partial charge on any atom is -0.507 e. The van der Waals surface area contributed by atoms with Crippen LogP contribution in [0.15, 0.2) is 229 Å². The maximum Gasteiger partial charge on any atom is 0.210 e. The van der Waals surface area contributed by atoms with Crippen molar-refractivity contribution < 1.29 is 74.9 Å². The number of aryl methyl sites for hydroxylation is 4. The van der Waals surface area contributed by atoms with E-state index in [1.807, 2.05) is 27.7 Å². The molecule has 8 aromatic carbocycles. The molecule has 0 saturated heterocycles. The van der Waals surface area contributed by atoms with Crippen LogP contribution in [0.4, 0.5) is 0 Å². The number of aromatic hydroxyl groups is 2. The third-order valence-electron chi connectivity index (χ3n) is 13.6. The van der Waals surface area contributed by atoms with Crippen molar-refractivity contribution in [2.24, 2.45) is 0 Å². The first kappa shape index (κ1) is 61.7. The molecule has 0 amide bonds. The zero-order chi connectivity index (χ0) is 60.1. The number of hydrogen-bond donors (Lipinski definition) is 2. The van der Waals surface area contributed by atoms with E-state index in [9.17, 15) is 60.7 Å². The number of rotatable bonds is 24. The normalized spacial score (nSPS) is 12.5. The maximum absolute atomic E-state index is 14.4. The zero-order valence-electron chi connectivity index (χ0n) is 45.3. The first-order chi connectivity index (χ1) is 39.3. The Kier molecular flexibility index (Phi) is 18.5. The Balaban J connectivity index is 1.02. The lowest BCUT2D eigenvalue weighted by molar-refractivity contribution is 0.0750. The highest BCUT2D eigenvalue weighted by Gasteiger charge is 2.32. The summed E-state index contributed by atoms with van der Waals surface area (Å²) >= 11 is 0. The smallest absolute Gasteiger partial charge is 0.210 e. The van der Waals surface area contributed by atoms with Crippen LogP contribution in [0.5, 0.6) is 23.0 Å². The number of sulfone groups is 6. The van der Waals surface area contributed by atoms with Crippen molar-refractivity contribution >= 4 is 59.0 Å². The van der Waals surface area contributed by atoms with Gasteiger partial charge in [-0.05, 0) is 169 Å². The number of hydrogen-bond acceptors (Lipinski definition) is 17. The van der Waals surface area contributed by atoms with Crippen molar-refractivity contribution in [3.05, 3.63) is 192 Å². The van der Waals surface area contributed by atoms with Crippen molar-refractivity contribution in [3.63, 3.8) is 0 Å². The molecule has 0 aliphatic heterocycles. The summed E-state index contributed by atoms with van der Waals surface area (Å²) in [7, 11) is -27.3. The fraction of sp³-hybridized carbons (Fsp3) is 0.200. The molecule has 0 aliphatic rings. The number of benzene rings is 8. The van der Waals surface area contributed by atoms with E-state index in [4.69, 9.17) is 14.2 Å². The van der Waals surface area contributed by atoms with E-state index in [2.05, 4.69) is 0 Å². The Morgan fingerprint density at radius 1 is 0.277 bits per heavy atom. The second-order valence-corrected chi connectivity index (χ2v) is 30.4. The molecule has 0 atom stereocenters. The molecule has 436 valence electrons. The lowest BCUT2D eigenvalue weighted by atomic mass is 10.2. The quantitative estimate of drug-likeness (QED) is 0.0532. The third kappa shape index (κ3) is 12.9. The van der Waals surface area contributed by atoms with Gasteiger partial charge in [0.15, 0.2) is 0 Å². The molecule has 0 fully saturated rings. The lowest BCUT2D eigenvalue weighted by Gasteiger charge is -2.16. The predicted molar refractivity (Wildman–Crippen MR) is 307 cm³/mol. The molecule has 2 N–H and O–H groups in total. The van der Waals surface area contributed by atoms with E-state index < -0.39 is 110 Å². The van der Waals surface area contributed by atoms with Crippen molar-refractivity contribution in [1.29, 1.82) is 0 Å². The highest BCUT2D eigenvalue weighted by Crippen LogP contribution is 2.39. The van der Waals surface area contributed by atoms with E-state index in [1.165, 1.54) is 48.5 Å². The number of ether oxygens (including phenoxy) is 3. The average molecular weight is 1240 g/mol. The Morgan fingerprint density at radius 2 is 0.506 bits per heavy atom. The number of phenolic OH excluding ortho intramolecular Hbond substituents is 2. The molecule has 83 heavy (non-hydrogen) atoms. The van der Waals surface area contributed by atoms with Crippen LogP contribution in [0.1, 0.15) is 49.9 Å². The zero-order valence-corrected chi connectivity index (χ0v) is 50.2. The van der Waals surface area contributed by atoms with Gasteiger partial charge in [-0.1, -0.05) is 76.2 Å². The largest absolute Gasteiger partial charge is 0.507 e. The van der Waals surface area contributed by atoms with E-state index in [-0.39, 0.29) is 57.5 Å². The molecule has 23 heteroatoms. The molecular formula is C60H58O17S6. The van der Waals surface area contributed by atoms with Crippen LogP contribution in [-0.2, 0) is 89.4 Å². The standard InChI is InChI=1S/C60H58O17S6/c1-5-41-9-17-45(18-10-41)80(67,68)57-37-49(25-29-53(57)61)78(63,64)51-27-31-55(59(39-51)82(71,72)47-21-13-43(7-3)14-22-47)76-35-33-75-34-36-77-56-32-28-52(40-60(56)83(73,74)48-23-15-44(8-4)16-24-48)79(65,66)50-26-30-54(62)58(38-50)81(69,70)46-19-11-42(6-2)12-20-46/h9-32,37-40,61-62H,5-8,33-36H2,1-4H3. The van der Waals surface area contributed by atoms with Gasteiger partial charge >= 0.3 is 0 Å². The average Bonchev–Trinajstić information content (AvgIpc) is 3.69. The minimum absolute atomic E-state index is 0.186. The van der Waals surface area contributed by atoms with E-state index in [1.54, 1.807) is 48.5 Å². The summed E-state index contributed by atoms with van der Waals surface area (Å²) in [6.45, 7) is 6.46. The molecule has 0 spiro atoms. The Morgan fingerprint density at radius 3 is 0.771 bits per heavy atom. The molecule has 0 radical (unpaired) electrons. The van der Waals surface area contributed by atoms with Crippen molar-refractivity contribution in [1.82, 2.24) is 0 Å². The fourth-order valence-corrected chi connectivity index (χ4v) is 17.2. The second-order valence-electron chi connectivity index (χ2n) is 18.8. The van der Waals surface area contributed by atoms with Gasteiger partial charge in [-0.2, -0.15) is 0 Å². The van der Waals surface area contributed by atoms with Gasteiger partial charge in [0.05, 0.1) is 52.4 Å². The summed E-state index contributed by atoms with van der Waals surface area (Å²) in [6.07, 6.45) is 2.46. The van der Waals surface area contributed by atoms with Gasteiger partial charge in [0.2, 0.25) is 59.0 Å². The fourth-order valence-electron chi connectivity index (χ4n) is 8.64. The molecule has 0 bridgehead atoms. The molecule has 17 nitrogen and oxygen atoms in total. The maximum atomic E-state index is 14.4. The SMILES string of the molecule is CCc1ccc(S(=O)(=O)c2cc(S(=O)(=O)c3ccc(OCCOCCOc4ccc(S(=O)(=O)c5ccc(O)c(S(=O)(=O)c6ccc(CC)cc6)c5)cc4S(=O)(=O)c4ccc(CC)cc4)c(S(=O)(=O)c4ccc(CC)cc4)c3)ccc2O)cc1. The van der Waals surface area contributed by atoms with Gasteiger partial charge in [0.1, 0.15) is 55.8 Å². The van der Waals surface area contributed by atoms with Gasteiger partial charge in [0, 0.05) is 0 Å². The first-order valence-electron chi connectivity index (χ1n) is 25.9. The molecule has 0 aliphatic carbocycles. The minimum atomic E-state index is -4.68. The van der Waals surface area contributed by atoms with Crippen LogP contribution in [0.3, 0.4) is 0 Å².